The first-order valence-electron chi connectivity index (χ1n) is 8.63. The molecule has 144 valence electrons. The van der Waals surface area contributed by atoms with Crippen molar-refractivity contribution in [1.82, 2.24) is 25.4 Å². The van der Waals surface area contributed by atoms with Crippen LogP contribution in [-0.4, -0.2) is 40.4 Å². The van der Waals surface area contributed by atoms with E-state index in [1.165, 1.54) is 11.3 Å². The Morgan fingerprint density at radius 3 is 2.58 bits per heavy atom. The summed E-state index contributed by atoms with van der Waals surface area (Å²) in [6, 6.07) is 3.81. The van der Waals surface area contributed by atoms with Crippen molar-refractivity contribution < 1.29 is 0 Å². The van der Waals surface area contributed by atoms with Crippen LogP contribution in [0.1, 0.15) is 29.4 Å². The molecule has 0 unspecified atom stereocenters. The predicted octanol–water partition coefficient (Wildman–Crippen LogP) is 3.04. The number of pyridine rings is 1. The van der Waals surface area contributed by atoms with Crippen LogP contribution in [0.15, 0.2) is 23.3 Å². The summed E-state index contributed by atoms with van der Waals surface area (Å²) in [7, 11) is 1.98. The van der Waals surface area contributed by atoms with Gasteiger partial charge in [-0.1, -0.05) is 17.7 Å². The molecule has 2 aromatic rings. The number of aromatic nitrogens is 3. The van der Waals surface area contributed by atoms with Crippen molar-refractivity contribution in [2.24, 2.45) is 12.0 Å². The normalized spacial score (nSPS) is 11.2. The molecule has 0 radical (unpaired) electrons. The number of guanidine groups is 1. The summed E-state index contributed by atoms with van der Waals surface area (Å²) >= 11 is 5.81. The standard InChI is InChI=1S/C18H27ClN6.HI/c1-5-20-18(21-10-8-15-6-7-17(19)23-12-15)22-11-9-16-13(2)24-25(4)14(16)3;/h6-7,12H,5,8-11H2,1-4H3,(H2,20,21,22);1H. The first-order valence-corrected chi connectivity index (χ1v) is 9.00. The summed E-state index contributed by atoms with van der Waals surface area (Å²) in [5.41, 5.74) is 4.73. The van der Waals surface area contributed by atoms with E-state index < -0.39 is 0 Å². The molecule has 0 amide bonds. The van der Waals surface area contributed by atoms with Crippen molar-refractivity contribution >= 4 is 41.5 Å². The van der Waals surface area contributed by atoms with Crippen LogP contribution in [0.5, 0.6) is 0 Å². The Hall–Kier alpha value is -1.35. The highest BCUT2D eigenvalue weighted by Gasteiger charge is 2.08. The Bertz CT molecular complexity index is 711. The molecular weight excluding hydrogens is 463 g/mol. The van der Waals surface area contributed by atoms with E-state index in [2.05, 4.69) is 46.5 Å². The maximum Gasteiger partial charge on any atom is 0.191 e. The summed E-state index contributed by atoms with van der Waals surface area (Å²) in [6.45, 7) is 8.57. The van der Waals surface area contributed by atoms with Gasteiger partial charge in [0.2, 0.25) is 0 Å². The fraction of sp³-hybridized carbons (Fsp3) is 0.500. The Labute approximate surface area is 177 Å². The minimum absolute atomic E-state index is 0. The van der Waals surface area contributed by atoms with E-state index in [1.54, 1.807) is 0 Å². The maximum absolute atomic E-state index is 5.81. The summed E-state index contributed by atoms with van der Waals surface area (Å²) in [6.07, 6.45) is 3.57. The van der Waals surface area contributed by atoms with E-state index in [0.29, 0.717) is 5.15 Å². The van der Waals surface area contributed by atoms with Crippen LogP contribution in [0.25, 0.3) is 0 Å². The van der Waals surface area contributed by atoms with Gasteiger partial charge in [0, 0.05) is 38.6 Å². The van der Waals surface area contributed by atoms with Gasteiger partial charge < -0.3 is 10.6 Å². The minimum Gasteiger partial charge on any atom is -0.357 e. The molecule has 6 nitrogen and oxygen atoms in total. The largest absolute Gasteiger partial charge is 0.357 e. The van der Waals surface area contributed by atoms with Crippen molar-refractivity contribution in [3.8, 4) is 0 Å². The van der Waals surface area contributed by atoms with Crippen LogP contribution in [0, 0.1) is 13.8 Å². The summed E-state index contributed by atoms with van der Waals surface area (Å²) in [5, 5.41) is 11.6. The van der Waals surface area contributed by atoms with Crippen LogP contribution in [0.3, 0.4) is 0 Å². The molecule has 2 rings (SSSR count). The lowest BCUT2D eigenvalue weighted by molar-refractivity contribution is 0.729. The lowest BCUT2D eigenvalue weighted by atomic mass is 10.1. The Balaban J connectivity index is 0.00000338. The maximum atomic E-state index is 5.81. The number of hydrogen-bond acceptors (Lipinski definition) is 3. The molecule has 0 aliphatic carbocycles. The van der Waals surface area contributed by atoms with Gasteiger partial charge in [-0.2, -0.15) is 5.10 Å². The van der Waals surface area contributed by atoms with E-state index in [1.807, 2.05) is 30.1 Å². The molecule has 0 saturated carbocycles. The van der Waals surface area contributed by atoms with Crippen LogP contribution in [-0.2, 0) is 19.9 Å². The van der Waals surface area contributed by atoms with Crippen molar-refractivity contribution in [2.45, 2.75) is 33.6 Å². The molecule has 0 spiro atoms. The Kier molecular flexibility index (Phi) is 9.93. The van der Waals surface area contributed by atoms with Crippen LogP contribution in [0.4, 0.5) is 0 Å². The van der Waals surface area contributed by atoms with Crippen LogP contribution in [0.2, 0.25) is 5.15 Å². The second kappa shape index (κ2) is 11.4. The van der Waals surface area contributed by atoms with E-state index in [0.717, 1.165) is 49.7 Å². The average Bonchev–Trinajstić information content (AvgIpc) is 2.82. The van der Waals surface area contributed by atoms with Gasteiger partial charge in [0.1, 0.15) is 5.15 Å². The third-order valence-corrected chi connectivity index (χ3v) is 4.35. The van der Waals surface area contributed by atoms with Crippen molar-refractivity contribution in [1.29, 1.82) is 0 Å². The molecule has 0 aliphatic rings. The number of hydrogen-bond donors (Lipinski definition) is 2. The summed E-state index contributed by atoms with van der Waals surface area (Å²) < 4.78 is 1.93. The average molecular weight is 491 g/mol. The van der Waals surface area contributed by atoms with Gasteiger partial charge in [-0.3, -0.25) is 9.67 Å². The summed E-state index contributed by atoms with van der Waals surface area (Å²) in [5.74, 6) is 0.837. The molecule has 8 heteroatoms. The molecule has 0 aromatic carbocycles. The van der Waals surface area contributed by atoms with Gasteiger partial charge in [-0.25, -0.2) is 4.98 Å². The molecule has 2 aromatic heterocycles. The monoisotopic (exact) mass is 490 g/mol. The molecule has 0 saturated heterocycles. The smallest absolute Gasteiger partial charge is 0.191 e. The Morgan fingerprint density at radius 1 is 1.23 bits per heavy atom. The van der Waals surface area contributed by atoms with Crippen molar-refractivity contribution in [3.05, 3.63) is 46.0 Å². The molecule has 26 heavy (non-hydrogen) atoms. The first kappa shape index (κ1) is 22.7. The van der Waals surface area contributed by atoms with Gasteiger partial charge >= 0.3 is 0 Å². The number of aliphatic imine (C=N–C) groups is 1. The molecule has 0 fully saturated rings. The first-order chi connectivity index (χ1) is 12.0. The van der Waals surface area contributed by atoms with E-state index in [-0.39, 0.29) is 24.0 Å². The Morgan fingerprint density at radius 2 is 2.00 bits per heavy atom. The van der Waals surface area contributed by atoms with Gasteiger partial charge in [0.25, 0.3) is 0 Å². The summed E-state index contributed by atoms with van der Waals surface area (Å²) in [4.78, 5) is 8.76. The second-order valence-electron chi connectivity index (χ2n) is 5.95. The highest BCUT2D eigenvalue weighted by molar-refractivity contribution is 14.0. The molecule has 2 heterocycles. The van der Waals surface area contributed by atoms with Gasteiger partial charge in [-0.05, 0) is 50.8 Å². The zero-order chi connectivity index (χ0) is 18.2. The molecule has 0 bridgehead atoms. The van der Waals surface area contributed by atoms with Crippen molar-refractivity contribution in [3.63, 3.8) is 0 Å². The lowest BCUT2D eigenvalue weighted by Gasteiger charge is -2.11. The van der Waals surface area contributed by atoms with E-state index in [4.69, 9.17) is 11.6 Å². The number of aryl methyl sites for hydroxylation is 2. The highest BCUT2D eigenvalue weighted by atomic mass is 127. The number of rotatable bonds is 7. The zero-order valence-electron chi connectivity index (χ0n) is 15.8. The fourth-order valence-corrected chi connectivity index (χ4v) is 2.79. The van der Waals surface area contributed by atoms with E-state index in [9.17, 15) is 0 Å². The third kappa shape index (κ3) is 6.75. The van der Waals surface area contributed by atoms with Gasteiger partial charge in [0.15, 0.2) is 5.96 Å². The van der Waals surface area contributed by atoms with Crippen LogP contribution < -0.4 is 10.6 Å². The predicted molar refractivity (Wildman–Crippen MR) is 119 cm³/mol. The third-order valence-electron chi connectivity index (χ3n) is 4.13. The number of halogens is 2. The second-order valence-corrected chi connectivity index (χ2v) is 6.34. The SMILES string of the molecule is CCNC(=NCCc1c(C)nn(C)c1C)NCCc1ccc(Cl)nc1.I. The quantitative estimate of drug-likeness (QED) is 0.271. The molecule has 0 aliphatic heterocycles. The van der Waals surface area contributed by atoms with Gasteiger partial charge in [0.05, 0.1) is 5.69 Å². The molecule has 2 N–H and O–H groups in total. The molecular formula is C18H28ClIN6. The van der Waals surface area contributed by atoms with E-state index >= 15 is 0 Å². The lowest BCUT2D eigenvalue weighted by Crippen LogP contribution is -2.38. The van der Waals surface area contributed by atoms with Gasteiger partial charge in [-0.15, -0.1) is 24.0 Å². The number of nitrogens with one attached hydrogen (secondary N) is 2. The van der Waals surface area contributed by atoms with Crippen molar-refractivity contribution in [2.75, 3.05) is 19.6 Å². The number of nitrogens with zero attached hydrogens (tertiary/aromatic N) is 4. The zero-order valence-corrected chi connectivity index (χ0v) is 18.9. The highest BCUT2D eigenvalue weighted by Crippen LogP contribution is 2.12. The topological polar surface area (TPSA) is 67.1 Å². The minimum atomic E-state index is 0. The fourth-order valence-electron chi connectivity index (χ4n) is 2.68. The molecule has 0 atom stereocenters. The van der Waals surface area contributed by atoms with Crippen LogP contribution >= 0.6 is 35.6 Å².